The number of halogens is 2. The first-order valence-electron chi connectivity index (χ1n) is 8.84. The summed E-state index contributed by atoms with van der Waals surface area (Å²) in [7, 11) is 0. The summed E-state index contributed by atoms with van der Waals surface area (Å²) in [5.41, 5.74) is 2.23. The SMILES string of the molecule is O=c1c2c(-c3ccc(F)cc3)n3ncnc3nc2ccn1Cc1ccccc1Cl. The largest absolute Gasteiger partial charge is 0.310 e. The monoisotopic (exact) mass is 405 g/mol. The summed E-state index contributed by atoms with van der Waals surface area (Å²) in [5.74, 6) is -0.00171. The maximum atomic E-state index is 13.5. The first-order chi connectivity index (χ1) is 14.1. The van der Waals surface area contributed by atoms with Gasteiger partial charge in [0.2, 0.25) is 0 Å². The average molecular weight is 406 g/mol. The lowest BCUT2D eigenvalue weighted by atomic mass is 10.1. The Morgan fingerprint density at radius 1 is 1.03 bits per heavy atom. The Hall–Kier alpha value is -3.58. The third-order valence-corrected chi connectivity index (χ3v) is 5.13. The van der Waals surface area contributed by atoms with E-state index in [4.69, 9.17) is 11.6 Å². The van der Waals surface area contributed by atoms with Crippen LogP contribution in [0.15, 0.2) is 71.9 Å². The van der Waals surface area contributed by atoms with Crippen molar-refractivity contribution in [3.8, 4) is 11.3 Å². The fourth-order valence-corrected chi connectivity index (χ4v) is 3.57. The lowest BCUT2D eigenvalue weighted by Crippen LogP contribution is -2.22. The van der Waals surface area contributed by atoms with Crippen molar-refractivity contribution in [1.29, 1.82) is 0 Å². The number of hydrogen-bond acceptors (Lipinski definition) is 4. The summed E-state index contributed by atoms with van der Waals surface area (Å²) in [6.45, 7) is 0.312. The van der Waals surface area contributed by atoms with Crippen molar-refractivity contribution in [2.45, 2.75) is 6.54 Å². The molecule has 0 aliphatic carbocycles. The zero-order chi connectivity index (χ0) is 20.0. The van der Waals surface area contributed by atoms with Gasteiger partial charge in [-0.15, -0.1) is 0 Å². The Labute approximate surface area is 168 Å². The van der Waals surface area contributed by atoms with Crippen LogP contribution < -0.4 is 5.56 Å². The van der Waals surface area contributed by atoms with Crippen LogP contribution in [0.3, 0.4) is 0 Å². The lowest BCUT2D eigenvalue weighted by Gasteiger charge is -2.12. The second-order valence-corrected chi connectivity index (χ2v) is 6.95. The first kappa shape index (κ1) is 17.5. The molecule has 0 aliphatic heterocycles. The zero-order valence-electron chi connectivity index (χ0n) is 15.0. The molecule has 2 aromatic carbocycles. The second-order valence-electron chi connectivity index (χ2n) is 6.54. The smallest absolute Gasteiger partial charge is 0.262 e. The van der Waals surface area contributed by atoms with E-state index in [0.29, 0.717) is 39.5 Å². The Kier molecular flexibility index (Phi) is 4.10. The molecule has 8 heteroatoms. The average Bonchev–Trinajstić information content (AvgIpc) is 3.19. The summed E-state index contributed by atoms with van der Waals surface area (Å²) in [4.78, 5) is 22.0. The maximum Gasteiger partial charge on any atom is 0.262 e. The van der Waals surface area contributed by atoms with E-state index >= 15 is 0 Å². The normalized spacial score (nSPS) is 11.4. The molecule has 0 saturated heterocycles. The number of pyridine rings is 1. The number of rotatable bonds is 3. The summed E-state index contributed by atoms with van der Waals surface area (Å²) in [6.07, 6.45) is 3.05. The van der Waals surface area contributed by atoms with Crippen molar-refractivity contribution in [3.63, 3.8) is 0 Å². The van der Waals surface area contributed by atoms with E-state index in [9.17, 15) is 9.18 Å². The van der Waals surface area contributed by atoms with Gasteiger partial charge in [0.05, 0.1) is 23.1 Å². The van der Waals surface area contributed by atoms with Crippen molar-refractivity contribution in [2.75, 3.05) is 0 Å². The van der Waals surface area contributed by atoms with Crippen LogP contribution in [0.1, 0.15) is 5.56 Å². The minimum absolute atomic E-state index is 0.244. The van der Waals surface area contributed by atoms with Gasteiger partial charge in [0.1, 0.15) is 12.1 Å². The molecule has 6 nitrogen and oxygen atoms in total. The van der Waals surface area contributed by atoms with E-state index in [1.807, 2.05) is 18.2 Å². The van der Waals surface area contributed by atoms with Crippen LogP contribution in [0.25, 0.3) is 27.9 Å². The molecule has 0 aliphatic rings. The molecule has 3 heterocycles. The molecule has 0 spiro atoms. The van der Waals surface area contributed by atoms with Crippen LogP contribution in [0.5, 0.6) is 0 Å². The number of hydrogen-bond donors (Lipinski definition) is 0. The molecule has 0 bridgehead atoms. The van der Waals surface area contributed by atoms with Crippen LogP contribution >= 0.6 is 11.6 Å². The van der Waals surface area contributed by atoms with Gasteiger partial charge < -0.3 is 4.57 Å². The van der Waals surface area contributed by atoms with Crippen molar-refractivity contribution in [2.24, 2.45) is 0 Å². The quantitative estimate of drug-likeness (QED) is 0.456. The van der Waals surface area contributed by atoms with Gasteiger partial charge in [0, 0.05) is 16.8 Å². The molecule has 0 fully saturated rings. The Morgan fingerprint density at radius 2 is 1.83 bits per heavy atom. The molecule has 29 heavy (non-hydrogen) atoms. The molecule has 0 amide bonds. The van der Waals surface area contributed by atoms with Gasteiger partial charge >= 0.3 is 0 Å². The Morgan fingerprint density at radius 3 is 2.62 bits per heavy atom. The van der Waals surface area contributed by atoms with Gasteiger partial charge in [-0.25, -0.2) is 9.37 Å². The number of aromatic nitrogens is 5. The van der Waals surface area contributed by atoms with E-state index in [1.165, 1.54) is 23.0 Å². The molecule has 0 N–H and O–H groups in total. The number of fused-ring (bicyclic) bond motifs is 2. The highest BCUT2D eigenvalue weighted by Gasteiger charge is 2.17. The summed E-state index contributed by atoms with van der Waals surface area (Å²) in [6, 6.07) is 15.0. The minimum Gasteiger partial charge on any atom is -0.310 e. The van der Waals surface area contributed by atoms with Crippen LogP contribution in [0.4, 0.5) is 4.39 Å². The van der Waals surface area contributed by atoms with Gasteiger partial charge in [0.25, 0.3) is 11.3 Å². The third kappa shape index (κ3) is 2.96. The third-order valence-electron chi connectivity index (χ3n) is 4.76. The summed E-state index contributed by atoms with van der Waals surface area (Å²) < 4.78 is 16.5. The van der Waals surface area contributed by atoms with Crippen molar-refractivity contribution < 1.29 is 4.39 Å². The van der Waals surface area contributed by atoms with Gasteiger partial charge in [-0.1, -0.05) is 29.8 Å². The molecule has 3 aromatic heterocycles. The van der Waals surface area contributed by atoms with Crippen LogP contribution in [0, 0.1) is 5.82 Å². The predicted octanol–water partition coefficient (Wildman–Crippen LogP) is 3.95. The van der Waals surface area contributed by atoms with Crippen molar-refractivity contribution in [1.82, 2.24) is 24.1 Å². The van der Waals surface area contributed by atoms with E-state index in [-0.39, 0.29) is 11.4 Å². The van der Waals surface area contributed by atoms with E-state index in [2.05, 4.69) is 15.1 Å². The van der Waals surface area contributed by atoms with Crippen LogP contribution in [-0.2, 0) is 6.54 Å². The second kappa shape index (κ2) is 6.79. The van der Waals surface area contributed by atoms with Gasteiger partial charge in [-0.2, -0.15) is 14.6 Å². The van der Waals surface area contributed by atoms with E-state index in [1.54, 1.807) is 35.0 Å². The highest BCUT2D eigenvalue weighted by Crippen LogP contribution is 2.26. The highest BCUT2D eigenvalue weighted by atomic mass is 35.5. The molecular formula is C21H13ClFN5O. The van der Waals surface area contributed by atoms with Gasteiger partial charge in [0.15, 0.2) is 0 Å². The zero-order valence-corrected chi connectivity index (χ0v) is 15.7. The molecule has 0 unspecified atom stereocenters. The maximum absolute atomic E-state index is 13.5. The molecule has 5 rings (SSSR count). The fraction of sp³-hybridized carbons (Fsp3) is 0.0476. The summed E-state index contributed by atoms with van der Waals surface area (Å²) >= 11 is 6.26. The molecule has 0 atom stereocenters. The molecule has 0 radical (unpaired) electrons. The van der Waals surface area contributed by atoms with Crippen LogP contribution in [-0.4, -0.2) is 24.1 Å². The van der Waals surface area contributed by atoms with E-state index < -0.39 is 0 Å². The standard InChI is InChI=1S/C21H13ClFN5O/c22-16-4-2-1-3-14(16)11-27-10-9-17-18(20(27)29)19(13-5-7-15(23)8-6-13)28-21(26-17)24-12-25-28/h1-10,12H,11H2. The topological polar surface area (TPSA) is 65.1 Å². The van der Waals surface area contributed by atoms with Gasteiger partial charge in [-0.3, -0.25) is 4.79 Å². The van der Waals surface area contributed by atoms with E-state index in [0.717, 1.165) is 5.56 Å². The highest BCUT2D eigenvalue weighted by molar-refractivity contribution is 6.31. The Balaban J connectivity index is 1.80. The van der Waals surface area contributed by atoms with Crippen LogP contribution in [0.2, 0.25) is 5.02 Å². The number of benzene rings is 2. The molecule has 0 saturated carbocycles. The molecule has 142 valence electrons. The minimum atomic E-state index is -0.363. The Bertz CT molecular complexity index is 1430. The fourth-order valence-electron chi connectivity index (χ4n) is 3.37. The van der Waals surface area contributed by atoms with Gasteiger partial charge in [-0.05, 0) is 42.0 Å². The first-order valence-corrected chi connectivity index (χ1v) is 9.22. The number of nitrogens with zero attached hydrogens (tertiary/aromatic N) is 5. The summed E-state index contributed by atoms with van der Waals surface area (Å²) in [5, 5.41) is 5.18. The predicted molar refractivity (Wildman–Crippen MR) is 108 cm³/mol. The van der Waals surface area contributed by atoms with Crippen molar-refractivity contribution >= 4 is 28.3 Å². The molecule has 5 aromatic rings. The molecular weight excluding hydrogens is 393 g/mol. The lowest BCUT2D eigenvalue weighted by molar-refractivity contribution is 0.628. The van der Waals surface area contributed by atoms with Crippen molar-refractivity contribution in [3.05, 3.63) is 93.9 Å².